The summed E-state index contributed by atoms with van der Waals surface area (Å²) < 4.78 is 7.03. The van der Waals surface area contributed by atoms with E-state index in [1.54, 1.807) is 11.8 Å². The Labute approximate surface area is 168 Å². The van der Waals surface area contributed by atoms with Crippen molar-refractivity contribution in [2.75, 3.05) is 12.4 Å². The summed E-state index contributed by atoms with van der Waals surface area (Å²) in [5.74, 6) is 0.552. The molecule has 0 aliphatic carbocycles. The first-order valence-corrected chi connectivity index (χ1v) is 9.75. The fourth-order valence-electron chi connectivity index (χ4n) is 2.69. The third-order valence-corrected chi connectivity index (χ3v) is 5.34. The number of rotatable bonds is 6. The first kappa shape index (κ1) is 19.9. The molecule has 0 bridgehead atoms. The molecule has 0 saturated heterocycles. The van der Waals surface area contributed by atoms with Crippen LogP contribution < -0.4 is 10.1 Å². The van der Waals surface area contributed by atoms with E-state index < -0.39 is 0 Å². The first-order valence-electron chi connectivity index (χ1n) is 8.87. The fourth-order valence-corrected chi connectivity index (χ4v) is 3.49. The van der Waals surface area contributed by atoms with Gasteiger partial charge in [-0.05, 0) is 73.0 Å². The number of carbonyl (C=O) groups is 1. The van der Waals surface area contributed by atoms with E-state index in [1.807, 2.05) is 64.1 Å². The molecule has 1 N–H and O–H groups in total. The number of benzene rings is 2. The zero-order valence-corrected chi connectivity index (χ0v) is 17.4. The van der Waals surface area contributed by atoms with Crippen molar-refractivity contribution in [1.29, 1.82) is 0 Å². The highest BCUT2D eigenvalue weighted by molar-refractivity contribution is 8.00. The van der Waals surface area contributed by atoms with Gasteiger partial charge in [0.25, 0.3) is 0 Å². The average Bonchev–Trinajstić information content (AvgIpc) is 3.12. The Bertz CT molecular complexity index is 1000. The van der Waals surface area contributed by atoms with Gasteiger partial charge in [-0.1, -0.05) is 30.0 Å². The maximum absolute atomic E-state index is 12.7. The summed E-state index contributed by atoms with van der Waals surface area (Å²) in [6.45, 7) is 7.78. The number of anilines is 1. The fraction of sp³-hybridized carbons (Fsp3) is 0.300. The molecule has 7 nitrogen and oxygen atoms in total. The summed E-state index contributed by atoms with van der Waals surface area (Å²) in [6.07, 6.45) is 0. The number of hydrogen-bond acceptors (Lipinski definition) is 6. The molecule has 2 aromatic carbocycles. The lowest BCUT2D eigenvalue weighted by Gasteiger charge is -2.14. The topological polar surface area (TPSA) is 81.9 Å². The van der Waals surface area contributed by atoms with E-state index >= 15 is 0 Å². The molecule has 0 saturated carbocycles. The molecule has 146 valence electrons. The smallest absolute Gasteiger partial charge is 0.237 e. The largest absolute Gasteiger partial charge is 0.494 e. The van der Waals surface area contributed by atoms with Crippen LogP contribution in [-0.4, -0.2) is 38.5 Å². The van der Waals surface area contributed by atoms with Crippen LogP contribution in [0.1, 0.15) is 23.6 Å². The zero-order chi connectivity index (χ0) is 20.3. The van der Waals surface area contributed by atoms with Gasteiger partial charge in [-0.15, -0.1) is 5.10 Å². The number of nitrogens with zero attached hydrogens (tertiary/aromatic N) is 4. The van der Waals surface area contributed by atoms with Crippen molar-refractivity contribution in [3.8, 4) is 11.4 Å². The minimum atomic E-state index is -0.388. The Hall–Kier alpha value is -2.87. The number of aromatic nitrogens is 4. The number of carbonyl (C=O) groups excluding carboxylic acids is 1. The van der Waals surface area contributed by atoms with Crippen LogP contribution in [0.3, 0.4) is 0 Å². The van der Waals surface area contributed by atoms with Crippen LogP contribution in [0.25, 0.3) is 5.69 Å². The monoisotopic (exact) mass is 397 g/mol. The van der Waals surface area contributed by atoms with E-state index in [0.29, 0.717) is 10.9 Å². The molecule has 8 heteroatoms. The summed E-state index contributed by atoms with van der Waals surface area (Å²) in [7, 11) is 1.60. The Morgan fingerprint density at radius 3 is 2.61 bits per heavy atom. The Morgan fingerprint density at radius 1 is 1.14 bits per heavy atom. The van der Waals surface area contributed by atoms with Gasteiger partial charge in [-0.2, -0.15) is 4.68 Å². The minimum absolute atomic E-state index is 0.107. The Balaban J connectivity index is 1.80. The second-order valence-corrected chi connectivity index (χ2v) is 7.92. The van der Waals surface area contributed by atoms with E-state index in [9.17, 15) is 4.79 Å². The number of hydrogen-bond donors (Lipinski definition) is 1. The molecular formula is C20H23N5O2S. The van der Waals surface area contributed by atoms with Gasteiger partial charge in [0.15, 0.2) is 0 Å². The van der Waals surface area contributed by atoms with E-state index in [4.69, 9.17) is 4.74 Å². The van der Waals surface area contributed by atoms with Crippen molar-refractivity contribution in [3.05, 3.63) is 53.1 Å². The molecule has 1 heterocycles. The van der Waals surface area contributed by atoms with Crippen molar-refractivity contribution in [2.45, 2.75) is 38.1 Å². The predicted molar refractivity (Wildman–Crippen MR) is 110 cm³/mol. The van der Waals surface area contributed by atoms with Crippen molar-refractivity contribution in [2.24, 2.45) is 0 Å². The lowest BCUT2D eigenvalue weighted by Crippen LogP contribution is -2.23. The SMILES string of the molecule is COc1ccc(C)cc1-n1nnnc1SC(C)C(=O)Nc1cc(C)ccc1C. The average molecular weight is 398 g/mol. The molecular weight excluding hydrogens is 374 g/mol. The van der Waals surface area contributed by atoms with E-state index in [0.717, 1.165) is 28.1 Å². The van der Waals surface area contributed by atoms with Crippen LogP contribution in [0.2, 0.25) is 0 Å². The normalized spacial score (nSPS) is 11.9. The molecule has 0 fully saturated rings. The minimum Gasteiger partial charge on any atom is -0.494 e. The second kappa shape index (κ2) is 8.43. The number of amides is 1. The molecule has 3 aromatic rings. The van der Waals surface area contributed by atoms with Gasteiger partial charge >= 0.3 is 0 Å². The maximum atomic E-state index is 12.7. The summed E-state index contributed by atoms with van der Waals surface area (Å²) >= 11 is 1.29. The molecule has 1 aromatic heterocycles. The molecule has 28 heavy (non-hydrogen) atoms. The van der Waals surface area contributed by atoms with Crippen LogP contribution in [0, 0.1) is 20.8 Å². The highest BCUT2D eigenvalue weighted by Gasteiger charge is 2.21. The highest BCUT2D eigenvalue weighted by atomic mass is 32.2. The Morgan fingerprint density at radius 2 is 1.86 bits per heavy atom. The molecule has 1 unspecified atom stereocenters. The van der Waals surface area contributed by atoms with Gasteiger partial charge in [0, 0.05) is 5.69 Å². The quantitative estimate of drug-likeness (QED) is 0.639. The van der Waals surface area contributed by atoms with Crippen molar-refractivity contribution in [3.63, 3.8) is 0 Å². The second-order valence-electron chi connectivity index (χ2n) is 6.62. The van der Waals surface area contributed by atoms with Crippen molar-refractivity contribution < 1.29 is 9.53 Å². The number of tetrazole rings is 1. The van der Waals surface area contributed by atoms with E-state index in [2.05, 4.69) is 20.8 Å². The molecule has 0 aliphatic rings. The lowest BCUT2D eigenvalue weighted by atomic mass is 10.1. The van der Waals surface area contributed by atoms with Gasteiger partial charge in [0.1, 0.15) is 11.4 Å². The summed E-state index contributed by atoms with van der Waals surface area (Å²) in [5, 5.41) is 15.1. The third-order valence-electron chi connectivity index (χ3n) is 4.31. The number of thioether (sulfide) groups is 1. The standard InChI is InChI=1S/C20H23N5O2S/c1-12-6-8-14(3)16(10-12)21-19(26)15(4)28-20-22-23-24-25(20)17-11-13(2)7-9-18(17)27-5/h6-11,15H,1-5H3,(H,21,26). The molecule has 1 atom stereocenters. The summed E-state index contributed by atoms with van der Waals surface area (Å²) in [6, 6.07) is 11.8. The molecule has 1 amide bonds. The van der Waals surface area contributed by atoms with Gasteiger partial charge in [0.2, 0.25) is 11.1 Å². The highest BCUT2D eigenvalue weighted by Crippen LogP contribution is 2.29. The van der Waals surface area contributed by atoms with Crippen LogP contribution in [0.4, 0.5) is 5.69 Å². The van der Waals surface area contributed by atoms with Crippen LogP contribution >= 0.6 is 11.8 Å². The number of ether oxygens (including phenoxy) is 1. The maximum Gasteiger partial charge on any atom is 0.237 e. The predicted octanol–water partition coefficient (Wildman–Crippen LogP) is 3.72. The van der Waals surface area contributed by atoms with E-state index in [1.165, 1.54) is 11.8 Å². The van der Waals surface area contributed by atoms with Crippen molar-refractivity contribution in [1.82, 2.24) is 20.2 Å². The summed E-state index contributed by atoms with van der Waals surface area (Å²) in [4.78, 5) is 12.7. The van der Waals surface area contributed by atoms with Crippen LogP contribution in [0.5, 0.6) is 5.75 Å². The van der Waals surface area contributed by atoms with Gasteiger partial charge < -0.3 is 10.1 Å². The zero-order valence-electron chi connectivity index (χ0n) is 16.6. The molecule has 0 aliphatic heterocycles. The van der Waals surface area contributed by atoms with Gasteiger partial charge in [0.05, 0.1) is 12.4 Å². The molecule has 0 spiro atoms. The van der Waals surface area contributed by atoms with Crippen LogP contribution in [-0.2, 0) is 4.79 Å². The number of aryl methyl sites for hydroxylation is 3. The Kier molecular flexibility index (Phi) is 5.99. The molecule has 0 radical (unpaired) electrons. The van der Waals surface area contributed by atoms with E-state index in [-0.39, 0.29) is 11.2 Å². The van der Waals surface area contributed by atoms with Crippen molar-refractivity contribution >= 4 is 23.4 Å². The van der Waals surface area contributed by atoms with Crippen LogP contribution in [0.15, 0.2) is 41.6 Å². The van der Waals surface area contributed by atoms with Gasteiger partial charge in [-0.3, -0.25) is 4.79 Å². The first-order chi connectivity index (χ1) is 13.4. The summed E-state index contributed by atoms with van der Waals surface area (Å²) in [5.41, 5.74) is 4.72. The lowest BCUT2D eigenvalue weighted by molar-refractivity contribution is -0.115. The number of nitrogens with one attached hydrogen (secondary N) is 1. The van der Waals surface area contributed by atoms with Gasteiger partial charge in [-0.25, -0.2) is 0 Å². The molecule has 3 rings (SSSR count). The number of methoxy groups -OCH3 is 1. The third kappa shape index (κ3) is 4.33.